The molecule has 0 aromatic heterocycles. The van der Waals surface area contributed by atoms with Crippen LogP contribution in [0.25, 0.3) is 0 Å². The first-order valence-corrected chi connectivity index (χ1v) is 7.14. The quantitative estimate of drug-likeness (QED) is 0.480. The number of nitrogens with one attached hydrogen (secondary N) is 1. The number of nitrogens with zero attached hydrogens (tertiary/aromatic N) is 1. The summed E-state index contributed by atoms with van der Waals surface area (Å²) in [6.07, 6.45) is 1.86. The van der Waals surface area contributed by atoms with Gasteiger partial charge in [0, 0.05) is 12.1 Å². The Morgan fingerprint density at radius 1 is 1.19 bits per heavy atom. The zero-order valence-electron chi connectivity index (χ0n) is 13.7. The Bertz CT molecular complexity index is 479. The molecule has 0 saturated carbocycles. The molecule has 0 aliphatic rings. The Morgan fingerprint density at radius 2 is 1.86 bits per heavy atom. The summed E-state index contributed by atoms with van der Waals surface area (Å²) in [6, 6.07) is 5.97. The average Bonchev–Trinajstić information content (AvgIpc) is 2.41. The molecule has 118 valence electrons. The zero-order chi connectivity index (χ0) is 15.9. The molecule has 0 atom stereocenters. The van der Waals surface area contributed by atoms with Gasteiger partial charge in [0.25, 0.3) is 0 Å². The lowest BCUT2D eigenvalue weighted by Gasteiger charge is -2.20. The summed E-state index contributed by atoms with van der Waals surface area (Å²) in [6.45, 7) is 6.86. The first kappa shape index (κ1) is 17.1. The second kappa shape index (κ2) is 7.76. The standard InChI is InChI=1S/C16H27N3O2/c1-16(2,3)19-15(17)18-10-6-7-12-8-9-13(20-4)14(11-12)21-5/h8-9,11H,6-7,10H2,1-5H3,(H3,17,18,19). The topological polar surface area (TPSA) is 68.9 Å². The molecular weight excluding hydrogens is 266 g/mol. The number of aliphatic imine (C=N–C) groups is 1. The van der Waals surface area contributed by atoms with Crippen molar-refractivity contribution in [3.8, 4) is 11.5 Å². The number of methoxy groups -OCH3 is 2. The van der Waals surface area contributed by atoms with E-state index in [1.165, 1.54) is 5.56 Å². The van der Waals surface area contributed by atoms with Crippen LogP contribution in [-0.2, 0) is 6.42 Å². The van der Waals surface area contributed by atoms with Gasteiger partial charge in [0.2, 0.25) is 0 Å². The van der Waals surface area contributed by atoms with Crippen molar-refractivity contribution in [1.82, 2.24) is 5.32 Å². The van der Waals surface area contributed by atoms with E-state index in [1.807, 2.05) is 18.2 Å². The van der Waals surface area contributed by atoms with Crippen molar-refractivity contribution in [2.75, 3.05) is 20.8 Å². The highest BCUT2D eigenvalue weighted by atomic mass is 16.5. The van der Waals surface area contributed by atoms with Gasteiger partial charge >= 0.3 is 0 Å². The smallest absolute Gasteiger partial charge is 0.188 e. The SMILES string of the molecule is COc1ccc(CCCN=C(N)NC(C)(C)C)cc1OC. The fraction of sp³-hybridized carbons (Fsp3) is 0.562. The first-order valence-electron chi connectivity index (χ1n) is 7.14. The molecule has 0 aliphatic carbocycles. The van der Waals surface area contributed by atoms with Crippen molar-refractivity contribution < 1.29 is 9.47 Å². The molecule has 0 bridgehead atoms. The number of ether oxygens (including phenoxy) is 2. The van der Waals surface area contributed by atoms with Crippen LogP contribution in [-0.4, -0.2) is 32.3 Å². The van der Waals surface area contributed by atoms with Crippen LogP contribution < -0.4 is 20.5 Å². The third-order valence-corrected chi connectivity index (χ3v) is 2.86. The van der Waals surface area contributed by atoms with Crippen LogP contribution in [0.5, 0.6) is 11.5 Å². The van der Waals surface area contributed by atoms with Crippen LogP contribution >= 0.6 is 0 Å². The molecule has 1 rings (SSSR count). The molecule has 1 aromatic rings. The minimum atomic E-state index is -0.0586. The summed E-state index contributed by atoms with van der Waals surface area (Å²) >= 11 is 0. The molecule has 5 heteroatoms. The number of guanidine groups is 1. The predicted molar refractivity (Wildman–Crippen MR) is 87.2 cm³/mol. The van der Waals surface area contributed by atoms with E-state index in [0.717, 1.165) is 24.3 Å². The van der Waals surface area contributed by atoms with Gasteiger partial charge in [-0.1, -0.05) is 6.07 Å². The van der Waals surface area contributed by atoms with Gasteiger partial charge in [-0.25, -0.2) is 0 Å². The number of hydrogen-bond acceptors (Lipinski definition) is 3. The van der Waals surface area contributed by atoms with E-state index in [4.69, 9.17) is 15.2 Å². The van der Waals surface area contributed by atoms with E-state index in [-0.39, 0.29) is 5.54 Å². The Morgan fingerprint density at radius 3 is 2.43 bits per heavy atom. The van der Waals surface area contributed by atoms with Crippen molar-refractivity contribution in [2.45, 2.75) is 39.2 Å². The molecule has 1 aromatic carbocycles. The number of hydrogen-bond donors (Lipinski definition) is 2. The largest absolute Gasteiger partial charge is 0.493 e. The van der Waals surface area contributed by atoms with Gasteiger partial charge in [-0.3, -0.25) is 4.99 Å². The molecule has 0 unspecified atom stereocenters. The summed E-state index contributed by atoms with van der Waals surface area (Å²) in [5.74, 6) is 2.00. The fourth-order valence-electron chi connectivity index (χ4n) is 1.94. The predicted octanol–water partition coefficient (Wildman–Crippen LogP) is 2.34. The lowest BCUT2D eigenvalue weighted by atomic mass is 10.1. The molecule has 3 N–H and O–H groups in total. The van der Waals surface area contributed by atoms with E-state index in [2.05, 4.69) is 31.1 Å². The minimum absolute atomic E-state index is 0.0586. The maximum absolute atomic E-state index is 5.83. The van der Waals surface area contributed by atoms with Gasteiger partial charge in [-0.2, -0.15) is 0 Å². The van der Waals surface area contributed by atoms with Gasteiger partial charge in [0.1, 0.15) is 0 Å². The molecule has 21 heavy (non-hydrogen) atoms. The van der Waals surface area contributed by atoms with Crippen LogP contribution in [0.15, 0.2) is 23.2 Å². The van der Waals surface area contributed by atoms with Gasteiger partial charge in [0.05, 0.1) is 14.2 Å². The second-order valence-electron chi connectivity index (χ2n) is 5.93. The third-order valence-electron chi connectivity index (χ3n) is 2.86. The monoisotopic (exact) mass is 293 g/mol. The lowest BCUT2D eigenvalue weighted by Crippen LogP contribution is -2.45. The third kappa shape index (κ3) is 6.38. The second-order valence-corrected chi connectivity index (χ2v) is 5.93. The Hall–Kier alpha value is -1.91. The van der Waals surface area contributed by atoms with Crippen LogP contribution in [0, 0.1) is 0 Å². The van der Waals surface area contributed by atoms with E-state index in [9.17, 15) is 0 Å². The normalized spacial score (nSPS) is 12.1. The molecule has 0 aliphatic heterocycles. The van der Waals surface area contributed by atoms with Crippen LogP contribution in [0.4, 0.5) is 0 Å². The average molecular weight is 293 g/mol. The van der Waals surface area contributed by atoms with E-state index in [0.29, 0.717) is 12.5 Å². The number of rotatable bonds is 6. The Labute approximate surface area is 127 Å². The van der Waals surface area contributed by atoms with Gasteiger partial charge in [-0.05, 0) is 51.3 Å². The van der Waals surface area contributed by atoms with Crippen LogP contribution in [0.2, 0.25) is 0 Å². The maximum atomic E-state index is 5.83. The number of aryl methyl sites for hydroxylation is 1. The van der Waals surface area contributed by atoms with Crippen molar-refractivity contribution in [2.24, 2.45) is 10.7 Å². The van der Waals surface area contributed by atoms with E-state index >= 15 is 0 Å². The molecule has 0 radical (unpaired) electrons. The Kier molecular flexibility index (Phi) is 6.34. The zero-order valence-corrected chi connectivity index (χ0v) is 13.7. The molecule has 0 saturated heterocycles. The highest BCUT2D eigenvalue weighted by Crippen LogP contribution is 2.27. The van der Waals surface area contributed by atoms with Crippen molar-refractivity contribution in [1.29, 1.82) is 0 Å². The van der Waals surface area contributed by atoms with Crippen LogP contribution in [0.1, 0.15) is 32.8 Å². The highest BCUT2D eigenvalue weighted by molar-refractivity contribution is 5.78. The van der Waals surface area contributed by atoms with Gasteiger partial charge < -0.3 is 20.5 Å². The molecule has 0 spiro atoms. The Balaban J connectivity index is 2.48. The van der Waals surface area contributed by atoms with Crippen molar-refractivity contribution in [3.63, 3.8) is 0 Å². The molecular formula is C16H27N3O2. The first-order chi connectivity index (χ1) is 9.85. The van der Waals surface area contributed by atoms with Crippen molar-refractivity contribution in [3.05, 3.63) is 23.8 Å². The highest BCUT2D eigenvalue weighted by Gasteiger charge is 2.09. The van der Waals surface area contributed by atoms with E-state index < -0.39 is 0 Å². The fourth-order valence-corrected chi connectivity index (χ4v) is 1.94. The molecule has 0 amide bonds. The maximum Gasteiger partial charge on any atom is 0.188 e. The number of nitrogens with two attached hydrogens (primary N) is 1. The summed E-state index contributed by atoms with van der Waals surface area (Å²) in [7, 11) is 3.28. The summed E-state index contributed by atoms with van der Waals surface area (Å²) in [4.78, 5) is 4.33. The molecule has 0 heterocycles. The summed E-state index contributed by atoms with van der Waals surface area (Å²) < 4.78 is 10.5. The summed E-state index contributed by atoms with van der Waals surface area (Å²) in [5, 5.41) is 3.14. The van der Waals surface area contributed by atoms with Gasteiger partial charge in [0.15, 0.2) is 17.5 Å². The van der Waals surface area contributed by atoms with Gasteiger partial charge in [-0.15, -0.1) is 0 Å². The lowest BCUT2D eigenvalue weighted by molar-refractivity contribution is 0.354. The summed E-state index contributed by atoms with van der Waals surface area (Å²) in [5.41, 5.74) is 6.97. The molecule has 0 fully saturated rings. The van der Waals surface area contributed by atoms with Crippen molar-refractivity contribution >= 4 is 5.96 Å². The minimum Gasteiger partial charge on any atom is -0.493 e. The number of benzene rings is 1. The van der Waals surface area contributed by atoms with Crippen LogP contribution in [0.3, 0.4) is 0 Å². The molecule has 5 nitrogen and oxygen atoms in total. The van der Waals surface area contributed by atoms with E-state index in [1.54, 1.807) is 14.2 Å².